The number of aliphatic hydroxyl groups excluding tert-OH is 1. The number of hydrogen-bond donors (Lipinski definition) is 2. The van der Waals surface area contributed by atoms with Crippen molar-refractivity contribution < 1.29 is 34.0 Å². The van der Waals surface area contributed by atoms with Gasteiger partial charge in [-0.2, -0.15) is 0 Å². The van der Waals surface area contributed by atoms with E-state index in [2.05, 4.69) is 4.98 Å². The molecule has 3 heterocycles. The zero-order chi connectivity index (χ0) is 28.8. The Bertz CT molecular complexity index is 1730. The molecule has 1 fully saturated rings. The first-order valence-corrected chi connectivity index (χ1v) is 14.2. The molecule has 1 saturated heterocycles. The topological polar surface area (TPSA) is 118 Å². The molecule has 2 unspecified atom stereocenters. The SMILES string of the molecule is CCOc1ccc2nc(N3C(=O)C(=O)/C(=C(/O)c4ccc5c(c4)CC(C)O5)C3c3ccc(O)c(OCC)c3)sc2c1. The van der Waals surface area contributed by atoms with Crippen molar-refractivity contribution in [3.8, 4) is 23.0 Å². The molecule has 0 radical (unpaired) electrons. The van der Waals surface area contributed by atoms with Gasteiger partial charge >= 0.3 is 5.91 Å². The first-order valence-electron chi connectivity index (χ1n) is 13.4. The standard InChI is InChI=1S/C31H28N2O7S/c1-4-38-20-8-9-21-25(15-20)41-31(32-21)33-27(17-6-10-22(34)24(14-17)39-5-2)26(29(36)30(33)37)28(35)18-7-11-23-19(13-18)12-16(3)40-23/h6-11,13-16,27,34-35H,4-5,12H2,1-3H3/b28-26+. The number of phenolic OH excluding ortho intramolecular Hbond substituents is 1. The van der Waals surface area contributed by atoms with Gasteiger partial charge in [-0.15, -0.1) is 0 Å². The Morgan fingerprint density at radius 3 is 2.66 bits per heavy atom. The summed E-state index contributed by atoms with van der Waals surface area (Å²) < 4.78 is 17.8. The highest BCUT2D eigenvalue weighted by molar-refractivity contribution is 7.22. The van der Waals surface area contributed by atoms with Crippen LogP contribution in [0.4, 0.5) is 5.13 Å². The van der Waals surface area contributed by atoms with Crippen LogP contribution in [0.25, 0.3) is 16.0 Å². The highest BCUT2D eigenvalue weighted by atomic mass is 32.1. The van der Waals surface area contributed by atoms with Crippen LogP contribution in [0.1, 0.15) is 43.5 Å². The van der Waals surface area contributed by atoms with E-state index in [9.17, 15) is 19.8 Å². The monoisotopic (exact) mass is 572 g/mol. The van der Waals surface area contributed by atoms with Gasteiger partial charge in [0.25, 0.3) is 5.78 Å². The molecule has 0 spiro atoms. The van der Waals surface area contributed by atoms with Crippen LogP contribution in [0.15, 0.2) is 60.2 Å². The van der Waals surface area contributed by atoms with Crippen LogP contribution in [0, 0.1) is 0 Å². The number of nitrogens with zero attached hydrogens (tertiary/aromatic N) is 2. The molecular formula is C31H28N2O7S. The Hall–Kier alpha value is -4.57. The van der Waals surface area contributed by atoms with Crippen molar-refractivity contribution in [3.05, 3.63) is 76.9 Å². The molecular weight excluding hydrogens is 544 g/mol. The number of carbonyl (C=O) groups is 2. The Kier molecular flexibility index (Phi) is 6.78. The number of benzene rings is 3. The van der Waals surface area contributed by atoms with Crippen molar-refractivity contribution in [1.29, 1.82) is 0 Å². The van der Waals surface area contributed by atoms with Crippen molar-refractivity contribution in [1.82, 2.24) is 4.98 Å². The second-order valence-electron chi connectivity index (χ2n) is 9.84. The molecule has 2 N–H and O–H groups in total. The molecule has 4 aromatic rings. The van der Waals surface area contributed by atoms with Crippen molar-refractivity contribution >= 4 is 44.1 Å². The number of carbonyl (C=O) groups excluding carboxylic acids is 2. The van der Waals surface area contributed by atoms with E-state index in [-0.39, 0.29) is 28.9 Å². The number of fused-ring (bicyclic) bond motifs is 2. The molecule has 6 rings (SSSR count). The van der Waals surface area contributed by atoms with Crippen LogP contribution in [-0.4, -0.2) is 46.2 Å². The largest absolute Gasteiger partial charge is 0.507 e. The minimum Gasteiger partial charge on any atom is -0.507 e. The van der Waals surface area contributed by atoms with Gasteiger partial charge in [0.05, 0.1) is 35.0 Å². The van der Waals surface area contributed by atoms with Crippen LogP contribution in [0.5, 0.6) is 23.0 Å². The maximum Gasteiger partial charge on any atom is 0.301 e. The predicted octanol–water partition coefficient (Wildman–Crippen LogP) is 5.75. The highest BCUT2D eigenvalue weighted by Gasteiger charge is 2.48. The Labute approximate surface area is 240 Å². The average Bonchev–Trinajstić information content (AvgIpc) is 3.62. The zero-order valence-electron chi connectivity index (χ0n) is 22.7. The maximum atomic E-state index is 13.7. The normalized spacial score (nSPS) is 19.4. The molecule has 41 heavy (non-hydrogen) atoms. The van der Waals surface area contributed by atoms with Gasteiger partial charge in [-0.1, -0.05) is 17.4 Å². The number of anilines is 1. The summed E-state index contributed by atoms with van der Waals surface area (Å²) in [6.45, 7) is 6.44. The molecule has 0 aliphatic carbocycles. The first-order chi connectivity index (χ1) is 19.8. The maximum absolute atomic E-state index is 13.7. The van der Waals surface area contributed by atoms with E-state index < -0.39 is 17.7 Å². The zero-order valence-corrected chi connectivity index (χ0v) is 23.5. The number of Topliss-reactive ketones (excluding diaryl/α,β-unsaturated/α-hetero) is 1. The summed E-state index contributed by atoms with van der Waals surface area (Å²) >= 11 is 1.24. The second-order valence-corrected chi connectivity index (χ2v) is 10.9. The lowest BCUT2D eigenvalue weighted by Gasteiger charge is -2.23. The Balaban J connectivity index is 1.53. The van der Waals surface area contributed by atoms with E-state index in [0.29, 0.717) is 47.2 Å². The number of ketones is 1. The molecule has 1 amide bonds. The lowest BCUT2D eigenvalue weighted by molar-refractivity contribution is -0.132. The second kappa shape index (κ2) is 10.4. The van der Waals surface area contributed by atoms with E-state index in [0.717, 1.165) is 16.0 Å². The minimum absolute atomic E-state index is 0.00392. The number of ether oxygens (including phenoxy) is 3. The van der Waals surface area contributed by atoms with Crippen LogP contribution >= 0.6 is 11.3 Å². The van der Waals surface area contributed by atoms with Crippen LogP contribution in [-0.2, 0) is 16.0 Å². The number of aliphatic hydroxyl groups is 1. The number of amides is 1. The Morgan fingerprint density at radius 1 is 1.07 bits per heavy atom. The molecule has 2 aliphatic rings. The van der Waals surface area contributed by atoms with Gasteiger partial charge in [-0.3, -0.25) is 14.5 Å². The number of aromatic hydroxyl groups is 1. The van der Waals surface area contributed by atoms with Gasteiger partial charge < -0.3 is 24.4 Å². The van der Waals surface area contributed by atoms with Crippen LogP contribution < -0.4 is 19.1 Å². The summed E-state index contributed by atoms with van der Waals surface area (Å²) in [5, 5.41) is 22.2. The molecule has 210 valence electrons. The average molecular weight is 573 g/mol. The Morgan fingerprint density at radius 2 is 1.88 bits per heavy atom. The fraction of sp³-hybridized carbons (Fsp3) is 0.258. The summed E-state index contributed by atoms with van der Waals surface area (Å²) in [7, 11) is 0. The molecule has 9 nitrogen and oxygen atoms in total. The molecule has 3 aromatic carbocycles. The van der Waals surface area contributed by atoms with E-state index in [4.69, 9.17) is 14.2 Å². The fourth-order valence-electron chi connectivity index (χ4n) is 5.29. The van der Waals surface area contributed by atoms with E-state index in [1.165, 1.54) is 22.3 Å². The molecule has 2 aliphatic heterocycles. The molecule has 0 bridgehead atoms. The van der Waals surface area contributed by atoms with Gasteiger partial charge in [0.1, 0.15) is 23.4 Å². The van der Waals surface area contributed by atoms with Gasteiger partial charge in [0.2, 0.25) is 0 Å². The third kappa shape index (κ3) is 4.63. The van der Waals surface area contributed by atoms with Crippen LogP contribution in [0.3, 0.4) is 0 Å². The van der Waals surface area contributed by atoms with Crippen molar-refractivity contribution in [2.24, 2.45) is 0 Å². The number of hydrogen-bond acceptors (Lipinski definition) is 9. The van der Waals surface area contributed by atoms with Gasteiger partial charge in [-0.25, -0.2) is 4.98 Å². The quantitative estimate of drug-likeness (QED) is 0.163. The molecule has 1 aromatic heterocycles. The number of thiazole rings is 1. The molecule has 0 saturated carbocycles. The number of aromatic nitrogens is 1. The fourth-order valence-corrected chi connectivity index (χ4v) is 6.31. The summed E-state index contributed by atoms with van der Waals surface area (Å²) in [4.78, 5) is 33.3. The number of rotatable bonds is 7. The van der Waals surface area contributed by atoms with E-state index in [1.807, 2.05) is 19.9 Å². The summed E-state index contributed by atoms with van der Waals surface area (Å²) in [6, 6.07) is 14.3. The predicted molar refractivity (Wildman–Crippen MR) is 155 cm³/mol. The number of phenols is 1. The first kappa shape index (κ1) is 26.6. The highest BCUT2D eigenvalue weighted by Crippen LogP contribution is 2.46. The minimum atomic E-state index is -1.02. The third-order valence-electron chi connectivity index (χ3n) is 7.08. The molecule has 2 atom stereocenters. The lowest BCUT2D eigenvalue weighted by Crippen LogP contribution is -2.29. The molecule has 10 heteroatoms. The van der Waals surface area contributed by atoms with Crippen molar-refractivity contribution in [2.75, 3.05) is 18.1 Å². The van der Waals surface area contributed by atoms with Crippen molar-refractivity contribution in [2.45, 2.75) is 39.3 Å². The van der Waals surface area contributed by atoms with E-state index >= 15 is 0 Å². The summed E-state index contributed by atoms with van der Waals surface area (Å²) in [5.74, 6) is -0.434. The van der Waals surface area contributed by atoms with Gasteiger partial charge in [-0.05, 0) is 80.4 Å². The third-order valence-corrected chi connectivity index (χ3v) is 8.10. The van der Waals surface area contributed by atoms with Gasteiger partial charge in [0, 0.05) is 12.0 Å². The van der Waals surface area contributed by atoms with Crippen molar-refractivity contribution in [3.63, 3.8) is 0 Å². The van der Waals surface area contributed by atoms with E-state index in [1.54, 1.807) is 49.4 Å². The lowest BCUT2D eigenvalue weighted by atomic mass is 9.94. The summed E-state index contributed by atoms with van der Waals surface area (Å²) in [5.41, 5.74) is 2.34. The smallest absolute Gasteiger partial charge is 0.301 e. The summed E-state index contributed by atoms with van der Waals surface area (Å²) in [6.07, 6.45) is 0.670. The van der Waals surface area contributed by atoms with Crippen LogP contribution in [0.2, 0.25) is 0 Å². The van der Waals surface area contributed by atoms with Gasteiger partial charge in [0.15, 0.2) is 16.6 Å².